The van der Waals surface area contributed by atoms with E-state index in [9.17, 15) is 14.4 Å². The van der Waals surface area contributed by atoms with Gasteiger partial charge in [-0.15, -0.1) is 0 Å². The molecule has 0 saturated heterocycles. The predicted octanol–water partition coefficient (Wildman–Crippen LogP) is -0.298. The number of nitrogens with zero attached hydrogens (tertiary/aromatic N) is 2. The second-order valence-electron chi connectivity index (χ2n) is 4.70. The molecule has 1 aromatic carbocycles. The van der Waals surface area contributed by atoms with Crippen LogP contribution in [0, 0.1) is 0 Å². The van der Waals surface area contributed by atoms with Gasteiger partial charge >= 0.3 is 5.97 Å². The zero-order valence-electron chi connectivity index (χ0n) is 12.7. The number of aromatic nitrogens is 2. The van der Waals surface area contributed by atoms with Crippen LogP contribution in [0.4, 0.5) is 0 Å². The molecule has 8 nitrogen and oxygen atoms in total. The zero-order valence-corrected chi connectivity index (χ0v) is 12.7. The van der Waals surface area contributed by atoms with Crippen molar-refractivity contribution in [1.82, 2.24) is 14.9 Å². The number of carbonyl (C=O) groups is 2. The Morgan fingerprint density at radius 3 is 2.87 bits per heavy atom. The number of esters is 1. The Morgan fingerprint density at radius 1 is 1.30 bits per heavy atom. The Morgan fingerprint density at radius 2 is 2.09 bits per heavy atom. The maximum Gasteiger partial charge on any atom is 0.326 e. The summed E-state index contributed by atoms with van der Waals surface area (Å²) in [6.07, 6.45) is 1.28. The lowest BCUT2D eigenvalue weighted by atomic mass is 10.2. The van der Waals surface area contributed by atoms with E-state index in [1.807, 2.05) is 0 Å². The second-order valence-corrected chi connectivity index (χ2v) is 4.70. The van der Waals surface area contributed by atoms with E-state index in [0.29, 0.717) is 24.1 Å². The van der Waals surface area contributed by atoms with Gasteiger partial charge in [-0.25, -0.2) is 4.98 Å². The first-order valence-electron chi connectivity index (χ1n) is 6.97. The summed E-state index contributed by atoms with van der Waals surface area (Å²) in [5.74, 6) is -1.12. The van der Waals surface area contributed by atoms with Crippen molar-refractivity contribution in [3.63, 3.8) is 0 Å². The maximum absolute atomic E-state index is 12.2. The van der Waals surface area contributed by atoms with Crippen molar-refractivity contribution in [3.8, 4) is 0 Å². The Kier molecular flexibility index (Phi) is 5.81. The molecule has 0 aliphatic rings. The van der Waals surface area contributed by atoms with Crippen molar-refractivity contribution in [1.29, 1.82) is 0 Å². The minimum Gasteiger partial charge on any atom is -0.454 e. The molecule has 1 aromatic heterocycles. The van der Waals surface area contributed by atoms with Crippen LogP contribution in [-0.2, 0) is 25.6 Å². The third-order valence-electron chi connectivity index (χ3n) is 3.02. The maximum atomic E-state index is 12.2. The summed E-state index contributed by atoms with van der Waals surface area (Å²) >= 11 is 0. The van der Waals surface area contributed by atoms with E-state index in [0.717, 1.165) is 4.57 Å². The Bertz CT molecular complexity index is 756. The molecule has 0 unspecified atom stereocenters. The van der Waals surface area contributed by atoms with Gasteiger partial charge in [-0.1, -0.05) is 12.1 Å². The van der Waals surface area contributed by atoms with Crippen molar-refractivity contribution in [2.45, 2.75) is 6.54 Å². The van der Waals surface area contributed by atoms with Gasteiger partial charge in [0, 0.05) is 13.7 Å². The third-order valence-corrected chi connectivity index (χ3v) is 3.02. The Balaban J connectivity index is 1.92. The molecule has 8 heteroatoms. The average molecular weight is 319 g/mol. The van der Waals surface area contributed by atoms with Gasteiger partial charge < -0.3 is 14.8 Å². The smallest absolute Gasteiger partial charge is 0.326 e. The number of ether oxygens (including phenoxy) is 2. The van der Waals surface area contributed by atoms with E-state index in [1.165, 1.54) is 13.4 Å². The molecule has 0 aliphatic heterocycles. The zero-order chi connectivity index (χ0) is 16.7. The number of hydrogen-bond acceptors (Lipinski definition) is 6. The van der Waals surface area contributed by atoms with E-state index in [2.05, 4.69) is 10.3 Å². The molecule has 0 fully saturated rings. The number of methoxy groups -OCH3 is 1. The summed E-state index contributed by atoms with van der Waals surface area (Å²) in [7, 11) is 1.52. The number of rotatable bonds is 7. The Labute approximate surface area is 132 Å². The van der Waals surface area contributed by atoms with Crippen LogP contribution in [0.2, 0.25) is 0 Å². The third kappa shape index (κ3) is 4.62. The van der Waals surface area contributed by atoms with Crippen LogP contribution < -0.4 is 10.9 Å². The molecule has 0 radical (unpaired) electrons. The molecule has 23 heavy (non-hydrogen) atoms. The fourth-order valence-corrected chi connectivity index (χ4v) is 1.89. The summed E-state index contributed by atoms with van der Waals surface area (Å²) in [5.41, 5.74) is 0.219. The molecule has 0 saturated carbocycles. The molecule has 1 amide bonds. The van der Waals surface area contributed by atoms with Gasteiger partial charge in [0.05, 0.1) is 23.8 Å². The van der Waals surface area contributed by atoms with Crippen molar-refractivity contribution in [2.24, 2.45) is 0 Å². The molecule has 2 rings (SSSR count). The van der Waals surface area contributed by atoms with Gasteiger partial charge in [0.25, 0.3) is 11.5 Å². The first kappa shape index (κ1) is 16.6. The van der Waals surface area contributed by atoms with E-state index in [-0.39, 0.29) is 12.1 Å². The molecular formula is C15H17N3O5. The number of fused-ring (bicyclic) bond motifs is 1. The van der Waals surface area contributed by atoms with Crippen LogP contribution >= 0.6 is 0 Å². The van der Waals surface area contributed by atoms with Gasteiger partial charge in [-0.3, -0.25) is 19.0 Å². The molecule has 1 heterocycles. The highest BCUT2D eigenvalue weighted by atomic mass is 16.5. The normalized spacial score (nSPS) is 10.5. The lowest BCUT2D eigenvalue weighted by Crippen LogP contribution is -2.32. The van der Waals surface area contributed by atoms with E-state index < -0.39 is 18.5 Å². The first-order valence-corrected chi connectivity index (χ1v) is 6.97. The highest BCUT2D eigenvalue weighted by Crippen LogP contribution is 2.04. The highest BCUT2D eigenvalue weighted by Gasteiger charge is 2.10. The van der Waals surface area contributed by atoms with E-state index in [1.54, 1.807) is 24.3 Å². The fourth-order valence-electron chi connectivity index (χ4n) is 1.89. The van der Waals surface area contributed by atoms with Crippen molar-refractivity contribution < 1.29 is 19.1 Å². The first-order chi connectivity index (χ1) is 11.1. The van der Waals surface area contributed by atoms with Crippen LogP contribution in [0.3, 0.4) is 0 Å². The second kappa shape index (κ2) is 8.04. The van der Waals surface area contributed by atoms with Crippen molar-refractivity contribution in [2.75, 3.05) is 26.9 Å². The number of amides is 1. The summed E-state index contributed by atoms with van der Waals surface area (Å²) in [6.45, 7) is -0.000891. The summed E-state index contributed by atoms with van der Waals surface area (Å²) in [6, 6.07) is 6.84. The van der Waals surface area contributed by atoms with Crippen LogP contribution in [0.15, 0.2) is 35.4 Å². The van der Waals surface area contributed by atoms with Crippen LogP contribution in [0.25, 0.3) is 10.9 Å². The lowest BCUT2D eigenvalue weighted by Gasteiger charge is -2.08. The molecule has 2 aromatic rings. The largest absolute Gasteiger partial charge is 0.454 e. The molecule has 0 atom stereocenters. The quantitative estimate of drug-likeness (QED) is 0.556. The number of nitrogens with one attached hydrogen (secondary N) is 1. The lowest BCUT2D eigenvalue weighted by molar-refractivity contribution is -0.149. The van der Waals surface area contributed by atoms with Crippen molar-refractivity contribution >= 4 is 22.8 Å². The fraction of sp³-hybridized carbons (Fsp3) is 0.333. The molecule has 122 valence electrons. The minimum atomic E-state index is -0.689. The number of para-hydroxylation sites is 1. The number of hydrogen-bond donors (Lipinski definition) is 1. The van der Waals surface area contributed by atoms with Crippen molar-refractivity contribution in [3.05, 3.63) is 40.9 Å². The average Bonchev–Trinajstić information content (AvgIpc) is 2.56. The van der Waals surface area contributed by atoms with E-state index >= 15 is 0 Å². The van der Waals surface area contributed by atoms with Gasteiger partial charge in [0.2, 0.25) is 0 Å². The SMILES string of the molecule is COCCNC(=O)COC(=O)Cn1cnc2ccccc2c1=O. The topological polar surface area (TPSA) is 99.5 Å². The van der Waals surface area contributed by atoms with Gasteiger partial charge in [0.1, 0.15) is 6.54 Å². The van der Waals surface area contributed by atoms with E-state index in [4.69, 9.17) is 9.47 Å². The Hall–Kier alpha value is -2.74. The minimum absolute atomic E-state index is 0.304. The molecular weight excluding hydrogens is 302 g/mol. The highest BCUT2D eigenvalue weighted by molar-refractivity contribution is 5.81. The number of carbonyl (C=O) groups excluding carboxylic acids is 2. The summed E-state index contributed by atoms with van der Waals surface area (Å²) in [5, 5.41) is 2.93. The molecule has 1 N–H and O–H groups in total. The predicted molar refractivity (Wildman–Crippen MR) is 81.8 cm³/mol. The number of benzene rings is 1. The van der Waals surface area contributed by atoms with Crippen LogP contribution in [-0.4, -0.2) is 48.3 Å². The summed E-state index contributed by atoms with van der Waals surface area (Å²) < 4.78 is 10.8. The van der Waals surface area contributed by atoms with Crippen LogP contribution in [0.5, 0.6) is 0 Å². The molecule has 0 aliphatic carbocycles. The summed E-state index contributed by atoms with van der Waals surface area (Å²) in [4.78, 5) is 39.4. The van der Waals surface area contributed by atoms with Crippen LogP contribution in [0.1, 0.15) is 0 Å². The van der Waals surface area contributed by atoms with Gasteiger partial charge in [-0.2, -0.15) is 0 Å². The van der Waals surface area contributed by atoms with Gasteiger partial charge in [0.15, 0.2) is 6.61 Å². The standard InChI is InChI=1S/C15H17N3O5/c1-22-7-6-16-13(19)9-23-14(20)8-18-10-17-12-5-3-2-4-11(12)15(18)21/h2-5,10H,6-9H2,1H3,(H,16,19). The molecule has 0 bridgehead atoms. The monoisotopic (exact) mass is 319 g/mol. The molecule has 0 spiro atoms. The van der Waals surface area contributed by atoms with Gasteiger partial charge in [-0.05, 0) is 12.1 Å².